The van der Waals surface area contributed by atoms with Crippen molar-refractivity contribution in [2.75, 3.05) is 24.3 Å². The molecule has 4 rings (SSSR count). The maximum atomic E-state index is 11.5. The zero-order chi connectivity index (χ0) is 18.3. The van der Waals surface area contributed by atoms with E-state index in [0.29, 0.717) is 16.9 Å². The van der Waals surface area contributed by atoms with Gasteiger partial charge in [0.25, 0.3) is 0 Å². The zero-order valence-electron chi connectivity index (χ0n) is 14.1. The van der Waals surface area contributed by atoms with Gasteiger partial charge in [-0.1, -0.05) is 30.3 Å². The van der Waals surface area contributed by atoms with Crippen molar-refractivity contribution in [1.82, 2.24) is 10.3 Å². The normalized spacial score (nSPS) is 11.0. The van der Waals surface area contributed by atoms with Crippen LogP contribution in [0.5, 0.6) is 0 Å². The van der Waals surface area contributed by atoms with Gasteiger partial charge in [-0.25, -0.2) is 4.63 Å². The minimum Gasteiger partial charge on any atom is -0.372 e. The highest BCUT2D eigenvalue weighted by Gasteiger charge is 2.26. The molecule has 0 aliphatic rings. The van der Waals surface area contributed by atoms with Crippen LogP contribution in [0.15, 0.2) is 53.2 Å². The second-order valence-electron chi connectivity index (χ2n) is 6.09. The minimum atomic E-state index is -0.471. The Balaban J connectivity index is 1.86. The van der Waals surface area contributed by atoms with Gasteiger partial charge in [0.1, 0.15) is 5.69 Å². The quantitative estimate of drug-likeness (QED) is 0.437. The summed E-state index contributed by atoms with van der Waals surface area (Å²) in [6.07, 6.45) is 0. The minimum absolute atomic E-state index is 0.115. The smallest absolute Gasteiger partial charge is 0.323 e. The molecule has 8 heteroatoms. The molecule has 0 amide bonds. The van der Waals surface area contributed by atoms with Gasteiger partial charge in [0, 0.05) is 19.8 Å². The lowest BCUT2D eigenvalue weighted by molar-refractivity contribution is -0.382. The fraction of sp³-hybridized carbons (Fsp3) is 0.111. The van der Waals surface area contributed by atoms with E-state index < -0.39 is 4.92 Å². The summed E-state index contributed by atoms with van der Waals surface area (Å²) in [6.45, 7) is 0. The van der Waals surface area contributed by atoms with Crippen LogP contribution in [0.25, 0.3) is 21.8 Å². The van der Waals surface area contributed by atoms with Gasteiger partial charge in [-0.05, 0) is 39.3 Å². The van der Waals surface area contributed by atoms with Crippen LogP contribution in [0.4, 0.5) is 22.7 Å². The molecule has 1 N–H and O–H groups in total. The average molecular weight is 349 g/mol. The van der Waals surface area contributed by atoms with Crippen LogP contribution >= 0.6 is 0 Å². The summed E-state index contributed by atoms with van der Waals surface area (Å²) in [4.78, 5) is 12.7. The third-order valence-corrected chi connectivity index (χ3v) is 4.18. The fourth-order valence-electron chi connectivity index (χ4n) is 2.95. The fourth-order valence-corrected chi connectivity index (χ4v) is 2.95. The highest BCUT2D eigenvalue weighted by Crippen LogP contribution is 2.39. The van der Waals surface area contributed by atoms with Gasteiger partial charge < -0.3 is 10.2 Å². The standard InChI is InChI=1S/C18H15N5O3/c1-22(2)15-10-14(16-17(21-26-20-16)18(15)23(24)25)19-13-8-7-11-5-3-4-6-12(11)9-13/h3-10,19H,1-2H3. The number of fused-ring (bicyclic) bond motifs is 2. The lowest BCUT2D eigenvalue weighted by atomic mass is 10.1. The van der Waals surface area contributed by atoms with Crippen molar-refractivity contribution in [3.63, 3.8) is 0 Å². The van der Waals surface area contributed by atoms with E-state index in [1.165, 1.54) is 0 Å². The zero-order valence-corrected chi connectivity index (χ0v) is 14.1. The van der Waals surface area contributed by atoms with Gasteiger partial charge in [-0.3, -0.25) is 10.1 Å². The Bertz CT molecular complexity index is 1140. The second-order valence-corrected chi connectivity index (χ2v) is 6.09. The van der Waals surface area contributed by atoms with Gasteiger partial charge in [-0.2, -0.15) is 0 Å². The first-order valence-corrected chi connectivity index (χ1v) is 7.91. The number of benzene rings is 3. The predicted molar refractivity (Wildman–Crippen MR) is 100 cm³/mol. The highest BCUT2D eigenvalue weighted by atomic mass is 16.6. The molecule has 1 aromatic heterocycles. The first kappa shape index (κ1) is 15.8. The van der Waals surface area contributed by atoms with Crippen molar-refractivity contribution < 1.29 is 9.55 Å². The summed E-state index contributed by atoms with van der Waals surface area (Å²) in [5.74, 6) is 0. The van der Waals surface area contributed by atoms with Gasteiger partial charge in [0.05, 0.1) is 10.6 Å². The van der Waals surface area contributed by atoms with Crippen LogP contribution in [0.1, 0.15) is 0 Å². The van der Waals surface area contributed by atoms with Crippen LogP contribution in [0.2, 0.25) is 0 Å². The van der Waals surface area contributed by atoms with E-state index in [0.717, 1.165) is 16.5 Å². The van der Waals surface area contributed by atoms with Crippen molar-refractivity contribution in [2.45, 2.75) is 0 Å². The van der Waals surface area contributed by atoms with E-state index in [1.54, 1.807) is 25.1 Å². The summed E-state index contributed by atoms with van der Waals surface area (Å²) in [7, 11) is 3.48. The van der Waals surface area contributed by atoms with Gasteiger partial charge in [0.2, 0.25) is 5.52 Å². The molecule has 26 heavy (non-hydrogen) atoms. The molecule has 0 saturated heterocycles. The number of nitro groups is 1. The number of nitrogens with zero attached hydrogens (tertiary/aromatic N) is 4. The molecule has 0 unspecified atom stereocenters. The molecule has 0 aliphatic carbocycles. The van der Waals surface area contributed by atoms with E-state index in [4.69, 9.17) is 4.63 Å². The maximum Gasteiger partial charge on any atom is 0.323 e. The van der Waals surface area contributed by atoms with Gasteiger partial charge in [0.15, 0.2) is 5.52 Å². The number of nitrogens with one attached hydrogen (secondary N) is 1. The van der Waals surface area contributed by atoms with Crippen LogP contribution in [-0.4, -0.2) is 29.3 Å². The Kier molecular flexibility index (Phi) is 3.65. The molecule has 0 fully saturated rings. The Morgan fingerprint density at radius 3 is 2.50 bits per heavy atom. The molecule has 4 aromatic rings. The van der Waals surface area contributed by atoms with Crippen LogP contribution < -0.4 is 10.2 Å². The van der Waals surface area contributed by atoms with Crippen LogP contribution in [0, 0.1) is 10.1 Å². The van der Waals surface area contributed by atoms with Crippen molar-refractivity contribution >= 4 is 44.6 Å². The first-order chi connectivity index (χ1) is 12.5. The van der Waals surface area contributed by atoms with E-state index in [9.17, 15) is 10.1 Å². The lowest BCUT2D eigenvalue weighted by Crippen LogP contribution is -2.12. The molecular weight excluding hydrogens is 334 g/mol. The van der Waals surface area contributed by atoms with Crippen molar-refractivity contribution in [3.8, 4) is 0 Å². The van der Waals surface area contributed by atoms with E-state index in [2.05, 4.69) is 15.6 Å². The second kappa shape index (κ2) is 5.99. The molecule has 130 valence electrons. The Labute approximate surface area is 148 Å². The molecule has 0 spiro atoms. The number of rotatable bonds is 4. The number of hydrogen-bond acceptors (Lipinski definition) is 7. The molecule has 8 nitrogen and oxygen atoms in total. The Morgan fingerprint density at radius 1 is 1.04 bits per heavy atom. The monoisotopic (exact) mass is 349 g/mol. The Hall–Kier alpha value is -3.68. The summed E-state index contributed by atoms with van der Waals surface area (Å²) >= 11 is 0. The van der Waals surface area contributed by atoms with E-state index in [1.807, 2.05) is 42.5 Å². The highest BCUT2D eigenvalue weighted by molar-refractivity contribution is 6.01. The third kappa shape index (κ3) is 2.57. The Morgan fingerprint density at radius 2 is 1.77 bits per heavy atom. The largest absolute Gasteiger partial charge is 0.372 e. The first-order valence-electron chi connectivity index (χ1n) is 7.91. The molecule has 3 aromatic carbocycles. The van der Waals surface area contributed by atoms with Crippen molar-refractivity contribution in [3.05, 3.63) is 58.6 Å². The lowest BCUT2D eigenvalue weighted by Gasteiger charge is -2.15. The van der Waals surface area contributed by atoms with E-state index in [-0.39, 0.29) is 11.2 Å². The third-order valence-electron chi connectivity index (χ3n) is 4.18. The van der Waals surface area contributed by atoms with Gasteiger partial charge in [-0.15, -0.1) is 0 Å². The number of anilines is 3. The van der Waals surface area contributed by atoms with E-state index >= 15 is 0 Å². The summed E-state index contributed by atoms with van der Waals surface area (Å²) in [6, 6.07) is 15.7. The van der Waals surface area contributed by atoms with Crippen LogP contribution in [0.3, 0.4) is 0 Å². The molecular formula is C18H15N5O3. The number of aromatic nitrogens is 2. The summed E-state index contributed by atoms with van der Waals surface area (Å²) in [5.41, 5.74) is 2.15. The van der Waals surface area contributed by atoms with Crippen molar-refractivity contribution in [2.24, 2.45) is 0 Å². The SMILES string of the molecule is CN(C)c1cc(Nc2ccc3ccccc3c2)c2nonc2c1[N+](=O)[O-]. The molecule has 0 saturated carbocycles. The molecule has 0 atom stereocenters. The topological polar surface area (TPSA) is 97.3 Å². The molecule has 1 heterocycles. The number of hydrogen-bond donors (Lipinski definition) is 1. The predicted octanol–water partition coefficient (Wildman–Crippen LogP) is 4.09. The maximum absolute atomic E-state index is 11.5. The summed E-state index contributed by atoms with van der Waals surface area (Å²) in [5, 5.41) is 24.6. The molecule has 0 aliphatic heterocycles. The van der Waals surface area contributed by atoms with Gasteiger partial charge >= 0.3 is 5.69 Å². The molecule has 0 bridgehead atoms. The molecule has 0 radical (unpaired) electrons. The average Bonchev–Trinajstić information content (AvgIpc) is 3.10. The number of nitro benzene ring substituents is 1. The van der Waals surface area contributed by atoms with Crippen molar-refractivity contribution in [1.29, 1.82) is 0 Å². The summed E-state index contributed by atoms with van der Waals surface area (Å²) < 4.78 is 4.78. The van der Waals surface area contributed by atoms with Crippen LogP contribution in [-0.2, 0) is 0 Å².